The van der Waals surface area contributed by atoms with E-state index in [9.17, 15) is 14.3 Å². The molecule has 27 heavy (non-hydrogen) atoms. The monoisotopic (exact) mass is 385 g/mol. The molecule has 3 aromatic rings. The van der Waals surface area contributed by atoms with E-state index in [0.29, 0.717) is 23.4 Å². The van der Waals surface area contributed by atoms with Gasteiger partial charge in [-0.05, 0) is 60.6 Å². The van der Waals surface area contributed by atoms with Gasteiger partial charge in [0.25, 0.3) is 5.91 Å². The molecule has 3 N–H and O–H groups in total. The maximum absolute atomic E-state index is 13.3. The van der Waals surface area contributed by atoms with Crippen molar-refractivity contribution in [3.05, 3.63) is 64.6 Å². The highest BCUT2D eigenvalue weighted by molar-refractivity contribution is 6.31. The molecule has 1 aromatic heterocycles. The predicted octanol–water partition coefficient (Wildman–Crippen LogP) is 3.38. The Balaban J connectivity index is 1.33. The first kappa shape index (κ1) is 16.7. The minimum absolute atomic E-state index is 0.0140. The Hall–Kier alpha value is -2.44. The topological polar surface area (TPSA) is 78.0 Å². The lowest BCUT2D eigenvalue weighted by Gasteiger charge is -2.27. The Morgan fingerprint density at radius 1 is 1.30 bits per heavy atom. The van der Waals surface area contributed by atoms with Crippen molar-refractivity contribution < 1.29 is 14.3 Å². The summed E-state index contributed by atoms with van der Waals surface area (Å²) in [4.78, 5) is 12.3. The van der Waals surface area contributed by atoms with Crippen molar-refractivity contribution in [2.75, 3.05) is 0 Å². The number of nitrogens with one attached hydrogen (secondary N) is 2. The predicted molar refractivity (Wildman–Crippen MR) is 98.9 cm³/mol. The van der Waals surface area contributed by atoms with Gasteiger partial charge in [0.2, 0.25) is 0 Å². The summed E-state index contributed by atoms with van der Waals surface area (Å²) >= 11 is 6.20. The molecule has 2 aliphatic carbocycles. The average Bonchev–Trinajstić information content (AvgIpc) is 3.01. The second-order valence-electron chi connectivity index (χ2n) is 7.56. The molecule has 2 unspecified atom stereocenters. The van der Waals surface area contributed by atoms with Gasteiger partial charge in [0.1, 0.15) is 5.82 Å². The van der Waals surface area contributed by atoms with Gasteiger partial charge < -0.3 is 10.4 Å². The first-order chi connectivity index (χ1) is 12.9. The smallest absolute Gasteiger partial charge is 0.251 e. The summed E-state index contributed by atoms with van der Waals surface area (Å²) in [5.74, 6) is -0.308. The van der Waals surface area contributed by atoms with E-state index in [4.69, 9.17) is 11.6 Å². The zero-order chi connectivity index (χ0) is 18.8. The lowest BCUT2D eigenvalue weighted by Crippen LogP contribution is -2.33. The standard InChI is InChI=1S/C20H17ClFN3O2/c21-11-5-16(15-9-23-25-17(15)6-11)20(27)7-13-14(8-20)18(13)24-19(26)10-2-1-3-12(22)4-10/h1-6,9,13-14,18,27H,7-8H2,(H,23,25)(H,24,26)/t13-,14+,18?,20?. The summed E-state index contributed by atoms with van der Waals surface area (Å²) in [6.45, 7) is 0. The highest BCUT2D eigenvalue weighted by atomic mass is 35.5. The molecule has 5 rings (SSSR count). The first-order valence-electron chi connectivity index (χ1n) is 8.86. The van der Waals surface area contributed by atoms with Crippen molar-refractivity contribution in [2.45, 2.75) is 24.5 Å². The van der Waals surface area contributed by atoms with E-state index < -0.39 is 11.4 Å². The Labute approximate surface area is 159 Å². The molecule has 0 bridgehead atoms. The lowest BCUT2D eigenvalue weighted by atomic mass is 9.86. The fourth-order valence-electron chi connectivity index (χ4n) is 4.56. The Morgan fingerprint density at radius 2 is 2.07 bits per heavy atom. The number of hydrogen-bond acceptors (Lipinski definition) is 3. The molecule has 1 heterocycles. The van der Waals surface area contributed by atoms with Gasteiger partial charge in [0.05, 0.1) is 17.3 Å². The molecular weight excluding hydrogens is 369 g/mol. The number of carbonyl (C=O) groups is 1. The van der Waals surface area contributed by atoms with Crippen molar-refractivity contribution in [3.8, 4) is 0 Å². The lowest BCUT2D eigenvalue weighted by molar-refractivity contribution is 0.0293. The quantitative estimate of drug-likeness (QED) is 0.646. The highest BCUT2D eigenvalue weighted by Gasteiger charge is 2.62. The normalized spacial score (nSPS) is 28.9. The molecule has 2 aliphatic rings. The zero-order valence-corrected chi connectivity index (χ0v) is 15.0. The molecular formula is C20H17ClFN3O2. The van der Waals surface area contributed by atoms with Gasteiger partial charge in [-0.1, -0.05) is 17.7 Å². The zero-order valence-electron chi connectivity index (χ0n) is 14.2. The van der Waals surface area contributed by atoms with E-state index >= 15 is 0 Å². The second-order valence-corrected chi connectivity index (χ2v) is 8.00. The van der Waals surface area contributed by atoms with Crippen molar-refractivity contribution in [1.82, 2.24) is 15.5 Å². The van der Waals surface area contributed by atoms with E-state index in [-0.39, 0.29) is 23.8 Å². The number of H-pyrrole nitrogens is 1. The third kappa shape index (κ3) is 2.71. The number of nitrogens with zero attached hydrogens (tertiary/aromatic N) is 1. The molecule has 7 heteroatoms. The van der Waals surface area contributed by atoms with Crippen molar-refractivity contribution in [3.63, 3.8) is 0 Å². The Kier molecular flexibility index (Phi) is 3.58. The number of aromatic nitrogens is 2. The molecule has 0 saturated heterocycles. The van der Waals surface area contributed by atoms with Crippen LogP contribution in [0.2, 0.25) is 5.02 Å². The molecule has 0 aliphatic heterocycles. The molecule has 5 nitrogen and oxygen atoms in total. The fourth-order valence-corrected chi connectivity index (χ4v) is 4.78. The third-order valence-corrected chi connectivity index (χ3v) is 6.11. The van der Waals surface area contributed by atoms with Crippen LogP contribution in [0.1, 0.15) is 28.8 Å². The van der Waals surface area contributed by atoms with Gasteiger partial charge in [0.15, 0.2) is 0 Å². The average molecular weight is 386 g/mol. The van der Waals surface area contributed by atoms with E-state index in [1.165, 1.54) is 18.2 Å². The van der Waals surface area contributed by atoms with Gasteiger partial charge in [-0.25, -0.2) is 4.39 Å². The largest absolute Gasteiger partial charge is 0.385 e. The van der Waals surface area contributed by atoms with Crippen LogP contribution in [0.3, 0.4) is 0 Å². The summed E-state index contributed by atoms with van der Waals surface area (Å²) < 4.78 is 13.3. The SMILES string of the molecule is O=C(NC1[C@H]2CC(O)(c3cc(Cl)cc4[nH]ncc34)C[C@@H]12)c1cccc(F)c1. The van der Waals surface area contributed by atoms with Crippen LogP contribution < -0.4 is 5.32 Å². The number of amides is 1. The Bertz CT molecular complexity index is 1050. The molecule has 0 radical (unpaired) electrons. The van der Waals surface area contributed by atoms with Crippen LogP contribution in [-0.4, -0.2) is 27.3 Å². The summed E-state index contributed by atoms with van der Waals surface area (Å²) in [6.07, 6.45) is 2.80. The van der Waals surface area contributed by atoms with Crippen molar-refractivity contribution in [2.24, 2.45) is 11.8 Å². The first-order valence-corrected chi connectivity index (χ1v) is 9.24. The van der Waals surface area contributed by atoms with E-state index in [0.717, 1.165) is 16.5 Å². The minimum Gasteiger partial charge on any atom is -0.385 e. The van der Waals surface area contributed by atoms with Crippen LogP contribution in [0.5, 0.6) is 0 Å². The number of carbonyl (C=O) groups excluding carboxylic acids is 1. The Morgan fingerprint density at radius 3 is 2.81 bits per heavy atom. The number of fused-ring (bicyclic) bond motifs is 2. The summed E-state index contributed by atoms with van der Waals surface area (Å²) in [5, 5.41) is 22.6. The highest BCUT2D eigenvalue weighted by Crippen LogP contribution is 2.60. The molecule has 4 atom stereocenters. The third-order valence-electron chi connectivity index (χ3n) is 5.89. The van der Waals surface area contributed by atoms with E-state index in [1.54, 1.807) is 24.4 Å². The molecule has 138 valence electrons. The van der Waals surface area contributed by atoms with Crippen LogP contribution in [0, 0.1) is 17.7 Å². The van der Waals surface area contributed by atoms with Gasteiger partial charge >= 0.3 is 0 Å². The summed E-state index contributed by atoms with van der Waals surface area (Å²) in [6, 6.07) is 9.25. The number of rotatable bonds is 3. The second kappa shape index (κ2) is 5.78. The fraction of sp³-hybridized carbons (Fsp3) is 0.300. The van der Waals surface area contributed by atoms with Gasteiger partial charge in [-0.3, -0.25) is 9.89 Å². The van der Waals surface area contributed by atoms with E-state index in [1.807, 2.05) is 0 Å². The maximum atomic E-state index is 13.3. The van der Waals surface area contributed by atoms with Gasteiger partial charge in [0, 0.05) is 22.0 Å². The van der Waals surface area contributed by atoms with Crippen LogP contribution in [0.15, 0.2) is 42.6 Å². The van der Waals surface area contributed by atoms with E-state index in [2.05, 4.69) is 15.5 Å². The van der Waals surface area contributed by atoms with Crippen LogP contribution >= 0.6 is 11.6 Å². The minimum atomic E-state index is -0.984. The molecule has 0 spiro atoms. The molecule has 2 fully saturated rings. The van der Waals surface area contributed by atoms with Crippen molar-refractivity contribution in [1.29, 1.82) is 0 Å². The molecule has 2 saturated carbocycles. The maximum Gasteiger partial charge on any atom is 0.251 e. The number of halogens is 2. The van der Waals surface area contributed by atoms with Gasteiger partial charge in [-0.15, -0.1) is 0 Å². The van der Waals surface area contributed by atoms with Crippen LogP contribution in [0.4, 0.5) is 4.39 Å². The molecule has 2 aromatic carbocycles. The number of aromatic amines is 1. The summed E-state index contributed by atoms with van der Waals surface area (Å²) in [5.41, 5.74) is 0.899. The summed E-state index contributed by atoms with van der Waals surface area (Å²) in [7, 11) is 0. The van der Waals surface area contributed by atoms with Crippen LogP contribution in [0.25, 0.3) is 10.9 Å². The van der Waals surface area contributed by atoms with Gasteiger partial charge in [-0.2, -0.15) is 5.10 Å². The number of benzene rings is 2. The molecule has 1 amide bonds. The number of hydrogen-bond donors (Lipinski definition) is 3. The van der Waals surface area contributed by atoms with Crippen molar-refractivity contribution >= 4 is 28.4 Å². The van der Waals surface area contributed by atoms with Crippen LogP contribution in [-0.2, 0) is 5.60 Å². The number of aliphatic hydroxyl groups is 1.